The van der Waals surface area contributed by atoms with Crippen LogP contribution in [0, 0.1) is 5.92 Å². The van der Waals surface area contributed by atoms with E-state index in [1.54, 1.807) is 7.11 Å². The minimum Gasteiger partial charge on any atom is -0.382 e. The molecule has 1 saturated heterocycles. The largest absolute Gasteiger partial charge is 0.382 e. The molecule has 1 rings (SSSR count). The molecular weight excluding hydrogens is 166 g/mol. The number of ether oxygens (including phenoxy) is 2. The van der Waals surface area contributed by atoms with Crippen molar-refractivity contribution in [3.05, 3.63) is 0 Å². The highest BCUT2D eigenvalue weighted by Gasteiger charge is 2.17. The summed E-state index contributed by atoms with van der Waals surface area (Å²) in [4.78, 5) is 2.47. The Kier molecular flexibility index (Phi) is 5.35. The second-order valence-corrected chi connectivity index (χ2v) is 3.80. The molecule has 0 aliphatic carbocycles. The summed E-state index contributed by atoms with van der Waals surface area (Å²) >= 11 is 0. The zero-order valence-corrected chi connectivity index (χ0v) is 8.79. The maximum atomic E-state index is 5.40. The second kappa shape index (κ2) is 6.35. The highest BCUT2D eigenvalue weighted by molar-refractivity contribution is 4.71. The topological polar surface area (TPSA) is 21.7 Å². The molecule has 1 fully saturated rings. The van der Waals surface area contributed by atoms with Gasteiger partial charge in [-0.3, -0.25) is 0 Å². The van der Waals surface area contributed by atoms with E-state index >= 15 is 0 Å². The molecule has 1 atom stereocenters. The van der Waals surface area contributed by atoms with Crippen molar-refractivity contribution in [3.63, 3.8) is 0 Å². The predicted molar refractivity (Wildman–Crippen MR) is 52.9 cm³/mol. The third-order valence-corrected chi connectivity index (χ3v) is 2.49. The molecule has 0 amide bonds. The number of likely N-dealkylation sites (tertiary alicyclic amines) is 1. The third-order valence-electron chi connectivity index (χ3n) is 2.49. The average Bonchev–Trinajstić information content (AvgIpc) is 2.51. The number of rotatable bonds is 6. The molecule has 1 unspecified atom stereocenters. The summed E-state index contributed by atoms with van der Waals surface area (Å²) in [5.41, 5.74) is 0. The summed E-state index contributed by atoms with van der Waals surface area (Å²) < 4.78 is 10.3. The van der Waals surface area contributed by atoms with Crippen LogP contribution in [-0.4, -0.2) is 51.5 Å². The van der Waals surface area contributed by atoms with E-state index in [9.17, 15) is 0 Å². The van der Waals surface area contributed by atoms with Gasteiger partial charge in [0.05, 0.1) is 19.8 Å². The van der Waals surface area contributed by atoms with E-state index in [4.69, 9.17) is 9.47 Å². The van der Waals surface area contributed by atoms with Crippen LogP contribution in [0.25, 0.3) is 0 Å². The molecule has 3 nitrogen and oxygen atoms in total. The van der Waals surface area contributed by atoms with E-state index in [0.29, 0.717) is 6.61 Å². The molecule has 3 heteroatoms. The maximum absolute atomic E-state index is 5.40. The fourth-order valence-electron chi connectivity index (χ4n) is 1.67. The van der Waals surface area contributed by atoms with Gasteiger partial charge in [0.15, 0.2) is 0 Å². The van der Waals surface area contributed by atoms with Crippen molar-refractivity contribution in [3.8, 4) is 0 Å². The Morgan fingerprint density at radius 1 is 1.31 bits per heavy atom. The summed E-state index contributed by atoms with van der Waals surface area (Å²) in [6.45, 7) is 8.15. The highest BCUT2D eigenvalue weighted by Crippen LogP contribution is 2.13. The molecule has 0 aromatic rings. The molecular formula is C10H21NO2. The summed E-state index contributed by atoms with van der Waals surface area (Å²) in [7, 11) is 1.70. The van der Waals surface area contributed by atoms with Crippen LogP contribution < -0.4 is 0 Å². The molecule has 1 aliphatic heterocycles. The van der Waals surface area contributed by atoms with Crippen LogP contribution >= 0.6 is 0 Å². The van der Waals surface area contributed by atoms with E-state index in [2.05, 4.69) is 11.8 Å². The first kappa shape index (κ1) is 11.0. The van der Waals surface area contributed by atoms with Gasteiger partial charge in [0, 0.05) is 20.2 Å². The first-order valence-corrected chi connectivity index (χ1v) is 5.12. The van der Waals surface area contributed by atoms with Gasteiger partial charge in [-0.2, -0.15) is 0 Å². The molecule has 0 saturated carbocycles. The Bertz CT molecular complexity index is 130. The van der Waals surface area contributed by atoms with Crippen molar-refractivity contribution in [2.24, 2.45) is 5.92 Å². The minimum absolute atomic E-state index is 0.705. The molecule has 0 aromatic carbocycles. The fourth-order valence-corrected chi connectivity index (χ4v) is 1.67. The first-order valence-electron chi connectivity index (χ1n) is 5.12. The molecule has 1 heterocycles. The molecule has 0 radical (unpaired) electrons. The van der Waals surface area contributed by atoms with Crippen molar-refractivity contribution >= 4 is 0 Å². The average molecular weight is 187 g/mol. The lowest BCUT2D eigenvalue weighted by atomic mass is 10.2. The molecule has 13 heavy (non-hydrogen) atoms. The predicted octanol–water partition coefficient (Wildman–Crippen LogP) is 0.991. The van der Waals surface area contributed by atoms with Gasteiger partial charge in [-0.15, -0.1) is 0 Å². The standard InChI is InChI=1S/C10H21NO2/c1-10-3-4-11(9-10)5-6-13-8-7-12-2/h10H,3-9H2,1-2H3. The van der Waals surface area contributed by atoms with Gasteiger partial charge in [0.25, 0.3) is 0 Å². The van der Waals surface area contributed by atoms with Gasteiger partial charge < -0.3 is 14.4 Å². The van der Waals surface area contributed by atoms with Crippen LogP contribution in [-0.2, 0) is 9.47 Å². The molecule has 1 aliphatic rings. The van der Waals surface area contributed by atoms with Crippen LogP contribution in [0.5, 0.6) is 0 Å². The maximum Gasteiger partial charge on any atom is 0.0700 e. The van der Waals surface area contributed by atoms with Crippen molar-refractivity contribution in [1.82, 2.24) is 4.90 Å². The van der Waals surface area contributed by atoms with Crippen LogP contribution in [0.1, 0.15) is 13.3 Å². The van der Waals surface area contributed by atoms with E-state index in [1.807, 2.05) is 0 Å². The monoisotopic (exact) mass is 187 g/mol. The Labute approximate surface area is 81.0 Å². The molecule has 78 valence electrons. The van der Waals surface area contributed by atoms with Crippen molar-refractivity contribution in [2.75, 3.05) is 46.6 Å². The Balaban J connectivity index is 1.88. The van der Waals surface area contributed by atoms with E-state index in [1.165, 1.54) is 19.5 Å². The lowest BCUT2D eigenvalue weighted by molar-refractivity contribution is 0.0600. The number of nitrogens with zero attached hydrogens (tertiary/aromatic N) is 1. The normalized spacial score (nSPS) is 24.0. The summed E-state index contributed by atoms with van der Waals surface area (Å²) in [5, 5.41) is 0. The molecule has 0 bridgehead atoms. The number of hydrogen-bond acceptors (Lipinski definition) is 3. The summed E-state index contributed by atoms with van der Waals surface area (Å²) in [6.07, 6.45) is 1.35. The van der Waals surface area contributed by atoms with Gasteiger partial charge in [0.1, 0.15) is 0 Å². The Morgan fingerprint density at radius 3 is 2.77 bits per heavy atom. The van der Waals surface area contributed by atoms with Gasteiger partial charge in [-0.1, -0.05) is 6.92 Å². The van der Waals surface area contributed by atoms with Crippen LogP contribution in [0.3, 0.4) is 0 Å². The highest BCUT2D eigenvalue weighted by atomic mass is 16.5. The molecule has 0 aromatic heterocycles. The quantitative estimate of drug-likeness (QED) is 0.579. The van der Waals surface area contributed by atoms with Crippen LogP contribution in [0.15, 0.2) is 0 Å². The van der Waals surface area contributed by atoms with Crippen molar-refractivity contribution < 1.29 is 9.47 Å². The van der Waals surface area contributed by atoms with Crippen molar-refractivity contribution in [2.45, 2.75) is 13.3 Å². The Morgan fingerprint density at radius 2 is 2.15 bits per heavy atom. The SMILES string of the molecule is COCCOCCN1CCC(C)C1. The van der Waals surface area contributed by atoms with Gasteiger partial charge in [-0.25, -0.2) is 0 Å². The van der Waals surface area contributed by atoms with Crippen LogP contribution in [0.2, 0.25) is 0 Å². The van der Waals surface area contributed by atoms with E-state index in [-0.39, 0.29) is 0 Å². The van der Waals surface area contributed by atoms with Crippen molar-refractivity contribution in [1.29, 1.82) is 0 Å². The van der Waals surface area contributed by atoms with Gasteiger partial charge in [-0.05, 0) is 18.9 Å². The zero-order chi connectivity index (χ0) is 9.52. The van der Waals surface area contributed by atoms with Gasteiger partial charge >= 0.3 is 0 Å². The lowest BCUT2D eigenvalue weighted by Crippen LogP contribution is -2.25. The smallest absolute Gasteiger partial charge is 0.0700 e. The number of methoxy groups -OCH3 is 1. The van der Waals surface area contributed by atoms with Crippen LogP contribution in [0.4, 0.5) is 0 Å². The zero-order valence-electron chi connectivity index (χ0n) is 8.79. The second-order valence-electron chi connectivity index (χ2n) is 3.80. The summed E-state index contributed by atoms with van der Waals surface area (Å²) in [5.74, 6) is 0.874. The molecule has 0 spiro atoms. The van der Waals surface area contributed by atoms with E-state index in [0.717, 1.165) is 25.7 Å². The number of hydrogen-bond donors (Lipinski definition) is 0. The third kappa shape index (κ3) is 4.60. The lowest BCUT2D eigenvalue weighted by Gasteiger charge is -2.14. The fraction of sp³-hybridized carbons (Fsp3) is 1.00. The summed E-state index contributed by atoms with van der Waals surface area (Å²) in [6, 6.07) is 0. The Hall–Kier alpha value is -0.120. The van der Waals surface area contributed by atoms with Gasteiger partial charge in [0.2, 0.25) is 0 Å². The minimum atomic E-state index is 0.705. The van der Waals surface area contributed by atoms with E-state index < -0.39 is 0 Å². The first-order chi connectivity index (χ1) is 6.33. The molecule has 0 N–H and O–H groups in total.